The second-order valence-electron chi connectivity index (χ2n) is 3.90. The van der Waals surface area contributed by atoms with E-state index in [2.05, 4.69) is 4.98 Å². The van der Waals surface area contributed by atoms with Gasteiger partial charge in [0.15, 0.2) is 0 Å². The molecule has 0 spiro atoms. The Hall–Kier alpha value is -1.66. The Balaban J connectivity index is 2.31. The van der Waals surface area contributed by atoms with E-state index in [1.165, 1.54) is 36.1 Å². The number of pyridine rings is 1. The van der Waals surface area contributed by atoms with Gasteiger partial charge in [0, 0.05) is 19.4 Å². The van der Waals surface area contributed by atoms with Crippen molar-refractivity contribution in [2.45, 2.75) is 17.9 Å². The first-order valence-corrected chi connectivity index (χ1v) is 6.89. The summed E-state index contributed by atoms with van der Waals surface area (Å²) in [6.07, 6.45) is 4.39. The maximum absolute atomic E-state index is 12.3. The molecule has 0 aliphatic carbocycles. The van der Waals surface area contributed by atoms with Gasteiger partial charge in [0.05, 0.1) is 12.3 Å². The van der Waals surface area contributed by atoms with Crippen molar-refractivity contribution < 1.29 is 12.8 Å². The predicted molar refractivity (Wildman–Crippen MR) is 66.3 cm³/mol. The fourth-order valence-electron chi connectivity index (χ4n) is 1.58. The van der Waals surface area contributed by atoms with Gasteiger partial charge in [-0.1, -0.05) is 0 Å². The van der Waals surface area contributed by atoms with Gasteiger partial charge in [-0.05, 0) is 31.2 Å². The maximum atomic E-state index is 12.3. The number of nitrogens with zero attached hydrogens (tertiary/aromatic N) is 2. The van der Waals surface area contributed by atoms with E-state index in [-0.39, 0.29) is 10.9 Å². The van der Waals surface area contributed by atoms with Crippen molar-refractivity contribution in [3.05, 3.63) is 48.7 Å². The van der Waals surface area contributed by atoms with Crippen molar-refractivity contribution in [2.75, 3.05) is 7.05 Å². The molecule has 2 aromatic heterocycles. The number of rotatable bonds is 4. The molecule has 0 N–H and O–H groups in total. The fourth-order valence-corrected chi connectivity index (χ4v) is 2.88. The van der Waals surface area contributed by atoms with E-state index in [1.807, 2.05) is 0 Å². The van der Waals surface area contributed by atoms with Crippen LogP contribution < -0.4 is 0 Å². The van der Waals surface area contributed by atoms with Gasteiger partial charge in [-0.3, -0.25) is 4.98 Å². The Morgan fingerprint density at radius 1 is 1.33 bits per heavy atom. The molecule has 0 fully saturated rings. The Labute approximate surface area is 106 Å². The molecule has 0 aliphatic heterocycles. The molecular weight excluding hydrogens is 252 g/mol. The average molecular weight is 266 g/mol. The third-order valence-electron chi connectivity index (χ3n) is 2.81. The fraction of sp³-hybridized carbons (Fsp3) is 0.250. The number of aromatic nitrogens is 1. The van der Waals surface area contributed by atoms with E-state index in [9.17, 15) is 8.42 Å². The summed E-state index contributed by atoms with van der Waals surface area (Å²) in [5.41, 5.74) is 0. The summed E-state index contributed by atoms with van der Waals surface area (Å²) in [5, 5.41) is 0. The molecular formula is C12H14N2O3S. The van der Waals surface area contributed by atoms with Gasteiger partial charge in [-0.2, -0.15) is 4.31 Å². The standard InChI is InChI=1S/C12H14N2O3S/c1-10(12-6-4-8-17-12)14(2)18(15,16)11-5-3-7-13-9-11/h3-10H,1-2H3. The molecule has 1 unspecified atom stereocenters. The lowest BCUT2D eigenvalue weighted by molar-refractivity contribution is 0.340. The Morgan fingerprint density at radius 3 is 2.67 bits per heavy atom. The van der Waals surface area contributed by atoms with Gasteiger partial charge in [-0.25, -0.2) is 8.42 Å². The second kappa shape index (κ2) is 4.91. The topological polar surface area (TPSA) is 63.4 Å². The highest BCUT2D eigenvalue weighted by molar-refractivity contribution is 7.89. The molecule has 0 saturated carbocycles. The van der Waals surface area contributed by atoms with Gasteiger partial charge < -0.3 is 4.42 Å². The molecule has 0 amide bonds. The zero-order valence-corrected chi connectivity index (χ0v) is 11.0. The third kappa shape index (κ3) is 2.30. The molecule has 2 heterocycles. The molecule has 0 bridgehead atoms. The number of hydrogen-bond acceptors (Lipinski definition) is 4. The van der Waals surface area contributed by atoms with Crippen LogP contribution >= 0.6 is 0 Å². The number of hydrogen-bond donors (Lipinski definition) is 0. The van der Waals surface area contributed by atoms with Crippen LogP contribution in [0.15, 0.2) is 52.2 Å². The minimum Gasteiger partial charge on any atom is -0.468 e. The largest absolute Gasteiger partial charge is 0.468 e. The molecule has 2 rings (SSSR count). The van der Waals surface area contributed by atoms with Crippen molar-refractivity contribution in [3.63, 3.8) is 0 Å². The molecule has 1 atom stereocenters. The molecule has 0 aromatic carbocycles. The first-order valence-electron chi connectivity index (χ1n) is 5.45. The normalized spacial score (nSPS) is 13.7. The lowest BCUT2D eigenvalue weighted by atomic mass is 10.3. The van der Waals surface area contributed by atoms with Crippen LogP contribution in [-0.4, -0.2) is 24.8 Å². The lowest BCUT2D eigenvalue weighted by Crippen LogP contribution is -2.29. The van der Waals surface area contributed by atoms with Gasteiger partial charge in [-0.15, -0.1) is 0 Å². The molecule has 18 heavy (non-hydrogen) atoms. The Morgan fingerprint density at radius 2 is 2.11 bits per heavy atom. The summed E-state index contributed by atoms with van der Waals surface area (Å²) in [6.45, 7) is 1.77. The van der Waals surface area contributed by atoms with Crippen molar-refractivity contribution in [1.29, 1.82) is 0 Å². The Bertz CT molecular complexity index is 594. The van der Waals surface area contributed by atoms with Crippen molar-refractivity contribution in [1.82, 2.24) is 9.29 Å². The SMILES string of the molecule is CC(c1ccco1)N(C)S(=O)(=O)c1cccnc1. The third-order valence-corrected chi connectivity index (χ3v) is 4.72. The summed E-state index contributed by atoms with van der Waals surface area (Å²) in [7, 11) is -2.03. The van der Waals surface area contributed by atoms with Crippen LogP contribution in [0.1, 0.15) is 18.7 Å². The van der Waals surface area contributed by atoms with Crippen molar-refractivity contribution >= 4 is 10.0 Å². The molecule has 2 aromatic rings. The zero-order chi connectivity index (χ0) is 13.2. The van der Waals surface area contributed by atoms with E-state index in [0.717, 1.165) is 0 Å². The second-order valence-corrected chi connectivity index (χ2v) is 5.90. The van der Waals surface area contributed by atoms with E-state index in [4.69, 9.17) is 4.42 Å². The summed E-state index contributed by atoms with van der Waals surface area (Å²) in [5.74, 6) is 0.602. The van der Waals surface area contributed by atoms with Gasteiger partial charge in [0.2, 0.25) is 10.0 Å². The smallest absolute Gasteiger partial charge is 0.245 e. The molecule has 6 heteroatoms. The summed E-state index contributed by atoms with van der Waals surface area (Å²) in [4.78, 5) is 4.00. The summed E-state index contributed by atoms with van der Waals surface area (Å²) in [6, 6.07) is 6.23. The van der Waals surface area contributed by atoms with E-state index in [1.54, 1.807) is 25.1 Å². The highest BCUT2D eigenvalue weighted by Gasteiger charge is 2.27. The first kappa shape index (κ1) is 12.8. The highest BCUT2D eigenvalue weighted by atomic mass is 32.2. The van der Waals surface area contributed by atoms with Crippen molar-refractivity contribution in [3.8, 4) is 0 Å². The number of furan rings is 1. The maximum Gasteiger partial charge on any atom is 0.245 e. The zero-order valence-electron chi connectivity index (χ0n) is 10.1. The van der Waals surface area contributed by atoms with Crippen LogP contribution in [0, 0.1) is 0 Å². The first-order chi connectivity index (χ1) is 8.53. The summed E-state index contributed by atoms with van der Waals surface area (Å²) >= 11 is 0. The van der Waals surface area contributed by atoms with Crippen LogP contribution in [0.4, 0.5) is 0 Å². The molecule has 5 nitrogen and oxygen atoms in total. The molecule has 96 valence electrons. The average Bonchev–Trinajstić information content (AvgIpc) is 2.92. The summed E-state index contributed by atoms with van der Waals surface area (Å²) < 4.78 is 31.1. The van der Waals surface area contributed by atoms with Gasteiger partial charge in [0.1, 0.15) is 10.7 Å². The van der Waals surface area contributed by atoms with E-state index >= 15 is 0 Å². The quantitative estimate of drug-likeness (QED) is 0.849. The molecule has 0 saturated heterocycles. The van der Waals surface area contributed by atoms with E-state index < -0.39 is 10.0 Å². The van der Waals surface area contributed by atoms with Crippen LogP contribution in [-0.2, 0) is 10.0 Å². The van der Waals surface area contributed by atoms with Crippen LogP contribution in [0.3, 0.4) is 0 Å². The highest BCUT2D eigenvalue weighted by Crippen LogP contribution is 2.25. The lowest BCUT2D eigenvalue weighted by Gasteiger charge is -2.22. The molecule has 0 aliphatic rings. The van der Waals surface area contributed by atoms with Crippen LogP contribution in [0.2, 0.25) is 0 Å². The van der Waals surface area contributed by atoms with Gasteiger partial charge >= 0.3 is 0 Å². The van der Waals surface area contributed by atoms with Crippen LogP contribution in [0.5, 0.6) is 0 Å². The van der Waals surface area contributed by atoms with Crippen molar-refractivity contribution in [2.24, 2.45) is 0 Å². The minimum absolute atomic E-state index is 0.172. The molecule has 0 radical (unpaired) electrons. The number of sulfonamides is 1. The van der Waals surface area contributed by atoms with Gasteiger partial charge in [0.25, 0.3) is 0 Å². The predicted octanol–water partition coefficient (Wildman–Crippen LogP) is 2.06. The Kier molecular flexibility index (Phi) is 3.49. The van der Waals surface area contributed by atoms with Crippen LogP contribution in [0.25, 0.3) is 0 Å². The van der Waals surface area contributed by atoms with E-state index in [0.29, 0.717) is 5.76 Å². The monoisotopic (exact) mass is 266 g/mol. The minimum atomic E-state index is -3.55.